The molecule has 1 radical (unpaired) electrons. The van der Waals surface area contributed by atoms with Gasteiger partial charge in [-0.2, -0.15) is 0 Å². The summed E-state index contributed by atoms with van der Waals surface area (Å²) >= 11 is 0. The molecular weight excluding hydrogens is 254 g/mol. The van der Waals surface area contributed by atoms with Crippen LogP contribution in [0.25, 0.3) is 11.1 Å². The van der Waals surface area contributed by atoms with Crippen molar-refractivity contribution in [3.05, 3.63) is 60.2 Å². The van der Waals surface area contributed by atoms with Crippen molar-refractivity contribution in [1.29, 1.82) is 0 Å². The monoisotopic (exact) mass is 268 g/mol. The quantitative estimate of drug-likeness (QED) is 0.874. The lowest BCUT2D eigenvalue weighted by Crippen LogP contribution is -2.25. The molecule has 0 aliphatic rings. The molecule has 1 amide bonds. The van der Waals surface area contributed by atoms with E-state index >= 15 is 0 Å². The van der Waals surface area contributed by atoms with Crippen LogP contribution in [0, 0.1) is 6.07 Å². The van der Waals surface area contributed by atoms with Gasteiger partial charge in [0.1, 0.15) is 0 Å². The number of carbonyl (C=O) groups is 2. The lowest BCUT2D eigenvalue weighted by atomic mass is 10.0. The Kier molecular flexibility index (Phi) is 4.50. The highest BCUT2D eigenvalue weighted by atomic mass is 16.4. The molecular formula is C16H14NO3. The second kappa shape index (κ2) is 6.52. The summed E-state index contributed by atoms with van der Waals surface area (Å²) in [4.78, 5) is 22.1. The first-order chi connectivity index (χ1) is 9.66. The zero-order valence-corrected chi connectivity index (χ0v) is 10.8. The number of hydrogen-bond acceptors (Lipinski definition) is 2. The van der Waals surface area contributed by atoms with Crippen molar-refractivity contribution in [2.24, 2.45) is 0 Å². The molecule has 2 rings (SSSR count). The molecule has 0 heterocycles. The molecule has 0 aromatic heterocycles. The molecule has 20 heavy (non-hydrogen) atoms. The molecule has 0 atom stereocenters. The molecule has 0 unspecified atom stereocenters. The van der Waals surface area contributed by atoms with Crippen LogP contribution < -0.4 is 5.32 Å². The Morgan fingerprint density at radius 1 is 1.10 bits per heavy atom. The van der Waals surface area contributed by atoms with Gasteiger partial charge >= 0.3 is 5.97 Å². The van der Waals surface area contributed by atoms with Crippen molar-refractivity contribution in [1.82, 2.24) is 5.32 Å². The zero-order chi connectivity index (χ0) is 14.4. The molecule has 2 aromatic rings. The first-order valence-electron chi connectivity index (χ1n) is 6.23. The van der Waals surface area contributed by atoms with Crippen molar-refractivity contribution >= 4 is 11.9 Å². The molecule has 2 N–H and O–H groups in total. The number of rotatable bonds is 5. The number of amides is 1. The molecule has 2 aromatic carbocycles. The highest BCUT2D eigenvalue weighted by Gasteiger charge is 2.06. The molecule has 4 heteroatoms. The van der Waals surface area contributed by atoms with Gasteiger partial charge in [0, 0.05) is 12.1 Å². The Balaban J connectivity index is 2.01. The van der Waals surface area contributed by atoms with Gasteiger partial charge in [0.2, 0.25) is 0 Å². The molecule has 0 spiro atoms. The van der Waals surface area contributed by atoms with Crippen LogP contribution in [0.5, 0.6) is 0 Å². The first kappa shape index (κ1) is 13.8. The molecule has 0 aliphatic carbocycles. The van der Waals surface area contributed by atoms with Crippen LogP contribution in [0.4, 0.5) is 0 Å². The second-order valence-electron chi connectivity index (χ2n) is 4.27. The largest absolute Gasteiger partial charge is 0.481 e. The minimum Gasteiger partial charge on any atom is -0.481 e. The fourth-order valence-electron chi connectivity index (χ4n) is 1.77. The molecule has 0 aliphatic heterocycles. The summed E-state index contributed by atoms with van der Waals surface area (Å²) in [5.74, 6) is -1.20. The summed E-state index contributed by atoms with van der Waals surface area (Å²) in [6.45, 7) is 0.129. The van der Waals surface area contributed by atoms with Gasteiger partial charge in [0.25, 0.3) is 5.91 Å². The third-order valence-electron chi connectivity index (χ3n) is 2.81. The van der Waals surface area contributed by atoms with Gasteiger partial charge in [0.05, 0.1) is 6.42 Å². The Bertz CT molecular complexity index is 591. The predicted molar refractivity (Wildman–Crippen MR) is 75.3 cm³/mol. The average Bonchev–Trinajstić information content (AvgIpc) is 2.48. The van der Waals surface area contributed by atoms with Gasteiger partial charge in [-0.1, -0.05) is 30.3 Å². The molecule has 0 saturated carbocycles. The van der Waals surface area contributed by atoms with Crippen LogP contribution >= 0.6 is 0 Å². The Morgan fingerprint density at radius 3 is 2.45 bits per heavy atom. The number of hydrogen-bond donors (Lipinski definition) is 2. The van der Waals surface area contributed by atoms with Crippen LogP contribution in [0.15, 0.2) is 48.5 Å². The number of carboxylic acid groups (broad SMARTS) is 1. The molecule has 4 nitrogen and oxygen atoms in total. The van der Waals surface area contributed by atoms with Gasteiger partial charge in [-0.05, 0) is 35.4 Å². The van der Waals surface area contributed by atoms with Crippen molar-refractivity contribution in [3.8, 4) is 11.1 Å². The number of aliphatic carboxylic acids is 1. The topological polar surface area (TPSA) is 66.4 Å². The van der Waals surface area contributed by atoms with Gasteiger partial charge in [-0.3, -0.25) is 9.59 Å². The van der Waals surface area contributed by atoms with Gasteiger partial charge in [-0.25, -0.2) is 0 Å². The summed E-state index contributed by atoms with van der Waals surface area (Å²) in [6, 6.07) is 17.7. The summed E-state index contributed by atoms with van der Waals surface area (Å²) in [6.07, 6.45) is -0.0797. The lowest BCUT2D eigenvalue weighted by molar-refractivity contribution is -0.136. The lowest BCUT2D eigenvalue weighted by Gasteiger charge is -2.05. The molecule has 0 saturated heterocycles. The summed E-state index contributed by atoms with van der Waals surface area (Å²) in [7, 11) is 0. The van der Waals surface area contributed by atoms with E-state index in [0.29, 0.717) is 5.56 Å². The van der Waals surface area contributed by atoms with E-state index in [9.17, 15) is 9.59 Å². The minimum atomic E-state index is -0.930. The fraction of sp³-hybridized carbons (Fsp3) is 0.125. The van der Waals surface area contributed by atoms with Crippen LogP contribution in [-0.4, -0.2) is 23.5 Å². The van der Waals surface area contributed by atoms with Crippen LogP contribution in [-0.2, 0) is 4.79 Å². The number of nitrogens with one attached hydrogen (secondary N) is 1. The van der Waals surface area contributed by atoms with E-state index < -0.39 is 5.97 Å². The normalized spacial score (nSPS) is 10.0. The maximum atomic E-state index is 11.8. The van der Waals surface area contributed by atoms with E-state index in [-0.39, 0.29) is 18.9 Å². The number of carbonyl (C=O) groups excluding carboxylic acids is 1. The average molecular weight is 268 g/mol. The van der Waals surface area contributed by atoms with Crippen molar-refractivity contribution < 1.29 is 14.7 Å². The maximum absolute atomic E-state index is 11.8. The summed E-state index contributed by atoms with van der Waals surface area (Å²) in [5.41, 5.74) is 2.55. The van der Waals surface area contributed by atoms with E-state index in [2.05, 4.69) is 11.4 Å². The predicted octanol–water partition coefficient (Wildman–Crippen LogP) is 2.36. The van der Waals surface area contributed by atoms with E-state index in [1.165, 1.54) is 0 Å². The third-order valence-corrected chi connectivity index (χ3v) is 2.81. The SMILES string of the molecule is O=C(O)CCNC(=O)c1ccc(-c2c[c]ccc2)cc1. The van der Waals surface area contributed by atoms with Crippen LogP contribution in [0.2, 0.25) is 0 Å². The fourth-order valence-corrected chi connectivity index (χ4v) is 1.77. The van der Waals surface area contributed by atoms with Gasteiger partial charge < -0.3 is 10.4 Å². The second-order valence-corrected chi connectivity index (χ2v) is 4.27. The minimum absolute atomic E-state index is 0.0797. The molecule has 0 fully saturated rings. The highest BCUT2D eigenvalue weighted by molar-refractivity contribution is 5.94. The smallest absolute Gasteiger partial charge is 0.305 e. The van der Waals surface area contributed by atoms with Crippen molar-refractivity contribution in [3.63, 3.8) is 0 Å². The maximum Gasteiger partial charge on any atom is 0.305 e. The van der Waals surface area contributed by atoms with Gasteiger partial charge in [0.15, 0.2) is 0 Å². The van der Waals surface area contributed by atoms with Crippen molar-refractivity contribution in [2.75, 3.05) is 6.54 Å². The molecule has 101 valence electrons. The Hall–Kier alpha value is -2.62. The summed E-state index contributed by atoms with van der Waals surface area (Å²) in [5, 5.41) is 11.1. The summed E-state index contributed by atoms with van der Waals surface area (Å²) < 4.78 is 0. The standard InChI is InChI=1S/C16H14NO3/c18-15(19)10-11-17-16(20)14-8-6-13(7-9-14)12-4-2-1-3-5-12/h1-2,4-9H,10-11H2,(H,17,20)(H,18,19). The Labute approximate surface area is 117 Å². The third kappa shape index (κ3) is 3.68. The van der Waals surface area contributed by atoms with E-state index in [1.807, 2.05) is 36.4 Å². The number of carboxylic acids is 1. The first-order valence-corrected chi connectivity index (χ1v) is 6.23. The Morgan fingerprint density at radius 2 is 1.85 bits per heavy atom. The van der Waals surface area contributed by atoms with Crippen LogP contribution in [0.1, 0.15) is 16.8 Å². The zero-order valence-electron chi connectivity index (χ0n) is 10.8. The number of benzene rings is 2. The van der Waals surface area contributed by atoms with Crippen LogP contribution in [0.3, 0.4) is 0 Å². The van der Waals surface area contributed by atoms with Crippen molar-refractivity contribution in [2.45, 2.75) is 6.42 Å². The molecule has 0 bridgehead atoms. The highest BCUT2D eigenvalue weighted by Crippen LogP contribution is 2.18. The van der Waals surface area contributed by atoms with Gasteiger partial charge in [-0.15, -0.1) is 0 Å². The van der Waals surface area contributed by atoms with E-state index in [4.69, 9.17) is 5.11 Å². The van der Waals surface area contributed by atoms with E-state index in [1.54, 1.807) is 12.1 Å². The van der Waals surface area contributed by atoms with E-state index in [0.717, 1.165) is 11.1 Å².